The van der Waals surface area contributed by atoms with Gasteiger partial charge in [0, 0.05) is 12.6 Å². The Kier molecular flexibility index (Phi) is 6.53. The summed E-state index contributed by atoms with van der Waals surface area (Å²) in [5.41, 5.74) is 0. The molecule has 0 unspecified atom stereocenters. The van der Waals surface area contributed by atoms with Crippen molar-refractivity contribution in [3.8, 4) is 0 Å². The highest BCUT2D eigenvalue weighted by molar-refractivity contribution is 5.74. The minimum absolute atomic E-state index is 0.0365. The third-order valence-electron chi connectivity index (χ3n) is 1.86. The fourth-order valence-corrected chi connectivity index (χ4v) is 0.968. The van der Waals surface area contributed by atoms with Gasteiger partial charge in [0.15, 0.2) is 0 Å². The summed E-state index contributed by atoms with van der Waals surface area (Å²) in [6.45, 7) is 6.95. The number of hydrogen-bond acceptors (Lipinski definition) is 1. The van der Waals surface area contributed by atoms with Crippen LogP contribution in [0.5, 0.6) is 0 Å². The number of nitrogens with one attached hydrogen (secondary N) is 2. The maximum Gasteiger partial charge on any atom is 0.315 e. The Hall–Kier alpha value is -0.730. The van der Waals surface area contributed by atoms with E-state index in [1.165, 1.54) is 0 Å². The molecule has 0 radical (unpaired) electrons. The smallest absolute Gasteiger partial charge is 0.315 e. The first kappa shape index (κ1) is 11.3. The average molecular weight is 172 g/mol. The van der Waals surface area contributed by atoms with Crippen LogP contribution in [0.3, 0.4) is 0 Å². The van der Waals surface area contributed by atoms with Crippen molar-refractivity contribution in [3.05, 3.63) is 0 Å². The Bertz CT molecular complexity index is 122. The van der Waals surface area contributed by atoms with Crippen LogP contribution in [0, 0.1) is 0 Å². The third kappa shape index (κ3) is 4.99. The lowest BCUT2D eigenvalue weighted by atomic mass is 10.2. The van der Waals surface area contributed by atoms with Crippen molar-refractivity contribution in [2.24, 2.45) is 0 Å². The van der Waals surface area contributed by atoms with Crippen molar-refractivity contribution >= 4 is 6.03 Å². The number of rotatable bonds is 5. The van der Waals surface area contributed by atoms with Crippen LogP contribution in [0.2, 0.25) is 0 Å². The molecule has 0 aromatic heterocycles. The van der Waals surface area contributed by atoms with Gasteiger partial charge in [-0.1, -0.05) is 20.8 Å². The fourth-order valence-electron chi connectivity index (χ4n) is 0.968. The zero-order valence-corrected chi connectivity index (χ0v) is 8.31. The second kappa shape index (κ2) is 6.95. The van der Waals surface area contributed by atoms with E-state index in [1.807, 2.05) is 6.92 Å². The van der Waals surface area contributed by atoms with E-state index in [2.05, 4.69) is 24.5 Å². The molecule has 0 fully saturated rings. The molecule has 0 bridgehead atoms. The van der Waals surface area contributed by atoms with Crippen molar-refractivity contribution in [1.82, 2.24) is 10.6 Å². The molecule has 0 aromatic carbocycles. The van der Waals surface area contributed by atoms with E-state index in [0.29, 0.717) is 6.04 Å². The topological polar surface area (TPSA) is 41.1 Å². The summed E-state index contributed by atoms with van der Waals surface area (Å²) in [6.07, 6.45) is 2.97. The molecule has 0 atom stereocenters. The average Bonchev–Trinajstić information content (AvgIpc) is 2.10. The summed E-state index contributed by atoms with van der Waals surface area (Å²) in [7, 11) is 0. The van der Waals surface area contributed by atoms with Crippen LogP contribution in [0.25, 0.3) is 0 Å². The van der Waals surface area contributed by atoms with Gasteiger partial charge in [-0.05, 0) is 19.3 Å². The highest BCUT2D eigenvalue weighted by Gasteiger charge is 2.05. The van der Waals surface area contributed by atoms with Crippen molar-refractivity contribution in [3.63, 3.8) is 0 Å². The molecule has 72 valence electrons. The molecule has 0 aliphatic carbocycles. The summed E-state index contributed by atoms with van der Waals surface area (Å²) >= 11 is 0. The molecule has 0 heterocycles. The highest BCUT2D eigenvalue weighted by Crippen LogP contribution is 1.94. The van der Waals surface area contributed by atoms with Crippen LogP contribution in [0.15, 0.2) is 0 Å². The minimum Gasteiger partial charge on any atom is -0.338 e. The zero-order valence-electron chi connectivity index (χ0n) is 8.31. The number of amides is 2. The van der Waals surface area contributed by atoms with E-state index in [9.17, 15) is 4.79 Å². The van der Waals surface area contributed by atoms with Gasteiger partial charge in [-0.2, -0.15) is 0 Å². The van der Waals surface area contributed by atoms with Gasteiger partial charge in [-0.15, -0.1) is 0 Å². The molecule has 2 N–H and O–H groups in total. The van der Waals surface area contributed by atoms with Crippen molar-refractivity contribution < 1.29 is 4.79 Å². The summed E-state index contributed by atoms with van der Waals surface area (Å²) in [6, 6.07) is 0.285. The first-order valence-electron chi connectivity index (χ1n) is 4.78. The number of urea groups is 1. The standard InChI is InChI=1S/C9H20N2O/c1-4-7-10-9(12)11-8(5-2)6-3/h8H,4-7H2,1-3H3,(H2,10,11,12). The molecule has 3 nitrogen and oxygen atoms in total. The minimum atomic E-state index is -0.0365. The van der Waals surface area contributed by atoms with Gasteiger partial charge >= 0.3 is 6.03 Å². The van der Waals surface area contributed by atoms with Gasteiger partial charge in [-0.25, -0.2) is 4.79 Å². The van der Waals surface area contributed by atoms with Gasteiger partial charge in [0.2, 0.25) is 0 Å². The number of hydrogen-bond donors (Lipinski definition) is 2. The van der Waals surface area contributed by atoms with E-state index in [0.717, 1.165) is 25.8 Å². The highest BCUT2D eigenvalue weighted by atomic mass is 16.2. The lowest BCUT2D eigenvalue weighted by Crippen LogP contribution is -2.41. The molecule has 0 aliphatic heterocycles. The Morgan fingerprint density at radius 3 is 2.25 bits per heavy atom. The van der Waals surface area contributed by atoms with E-state index in [-0.39, 0.29) is 6.03 Å². The molecule has 0 aliphatic rings. The molecule has 0 rings (SSSR count). The van der Waals surface area contributed by atoms with Gasteiger partial charge in [0.05, 0.1) is 0 Å². The Morgan fingerprint density at radius 2 is 1.83 bits per heavy atom. The lowest BCUT2D eigenvalue weighted by molar-refractivity contribution is 0.236. The maximum atomic E-state index is 11.1. The quantitative estimate of drug-likeness (QED) is 0.653. The molecular formula is C9H20N2O. The van der Waals surface area contributed by atoms with Gasteiger partial charge in [-0.3, -0.25) is 0 Å². The first-order valence-corrected chi connectivity index (χ1v) is 4.78. The monoisotopic (exact) mass is 172 g/mol. The SMILES string of the molecule is CCCNC(=O)NC(CC)CC. The Morgan fingerprint density at radius 1 is 1.25 bits per heavy atom. The number of carbonyl (C=O) groups excluding carboxylic acids is 1. The molecule has 0 saturated heterocycles. The van der Waals surface area contributed by atoms with E-state index < -0.39 is 0 Å². The normalized spacial score (nSPS) is 10.0. The fraction of sp³-hybridized carbons (Fsp3) is 0.889. The van der Waals surface area contributed by atoms with Crippen LogP contribution in [-0.2, 0) is 0 Å². The molecule has 0 aromatic rings. The lowest BCUT2D eigenvalue weighted by Gasteiger charge is -2.14. The molecule has 0 saturated carbocycles. The van der Waals surface area contributed by atoms with Crippen LogP contribution in [0.4, 0.5) is 4.79 Å². The Balaban J connectivity index is 3.52. The van der Waals surface area contributed by atoms with Crippen LogP contribution in [-0.4, -0.2) is 18.6 Å². The van der Waals surface area contributed by atoms with Gasteiger partial charge < -0.3 is 10.6 Å². The van der Waals surface area contributed by atoms with Crippen LogP contribution in [0.1, 0.15) is 40.0 Å². The summed E-state index contributed by atoms with van der Waals surface area (Å²) in [5.74, 6) is 0. The summed E-state index contributed by atoms with van der Waals surface area (Å²) in [4.78, 5) is 11.1. The molecule has 2 amide bonds. The second-order valence-electron chi connectivity index (χ2n) is 2.91. The first-order chi connectivity index (χ1) is 5.74. The molecular weight excluding hydrogens is 152 g/mol. The van der Waals surface area contributed by atoms with Crippen molar-refractivity contribution in [1.29, 1.82) is 0 Å². The van der Waals surface area contributed by atoms with E-state index in [4.69, 9.17) is 0 Å². The van der Waals surface area contributed by atoms with E-state index in [1.54, 1.807) is 0 Å². The van der Waals surface area contributed by atoms with Crippen molar-refractivity contribution in [2.75, 3.05) is 6.54 Å². The number of carbonyl (C=O) groups is 1. The van der Waals surface area contributed by atoms with E-state index >= 15 is 0 Å². The predicted molar refractivity (Wildman–Crippen MR) is 51.2 cm³/mol. The van der Waals surface area contributed by atoms with Crippen molar-refractivity contribution in [2.45, 2.75) is 46.1 Å². The Labute approximate surface area is 74.9 Å². The van der Waals surface area contributed by atoms with Crippen LogP contribution >= 0.6 is 0 Å². The summed E-state index contributed by atoms with van der Waals surface area (Å²) in [5, 5.41) is 5.68. The molecule has 0 spiro atoms. The second-order valence-corrected chi connectivity index (χ2v) is 2.91. The maximum absolute atomic E-state index is 11.1. The molecule has 3 heteroatoms. The predicted octanol–water partition coefficient (Wildman–Crippen LogP) is 1.88. The van der Waals surface area contributed by atoms with Gasteiger partial charge in [0.25, 0.3) is 0 Å². The largest absolute Gasteiger partial charge is 0.338 e. The molecule has 12 heavy (non-hydrogen) atoms. The third-order valence-corrected chi connectivity index (χ3v) is 1.86. The zero-order chi connectivity index (χ0) is 9.40. The van der Waals surface area contributed by atoms with Gasteiger partial charge in [0.1, 0.15) is 0 Å². The summed E-state index contributed by atoms with van der Waals surface area (Å²) < 4.78 is 0. The van der Waals surface area contributed by atoms with Crippen LogP contribution < -0.4 is 10.6 Å².